The smallest absolute Gasteiger partial charge is 0.143 e. The van der Waals surface area contributed by atoms with Gasteiger partial charge in [-0.15, -0.1) is 0 Å². The van der Waals surface area contributed by atoms with Gasteiger partial charge in [0.1, 0.15) is 11.6 Å². The van der Waals surface area contributed by atoms with E-state index in [2.05, 4.69) is 0 Å². The van der Waals surface area contributed by atoms with Crippen LogP contribution in [0.3, 0.4) is 0 Å². The lowest BCUT2D eigenvalue weighted by atomic mass is 9.72. The molecule has 27 heavy (non-hydrogen) atoms. The SMILES string of the molecule is CCC(CC(=O)C(C)(C)C(C)(C)OC(C)CC(=O)C(C)(C)C)OC(C)(C)C. The van der Waals surface area contributed by atoms with Crippen LogP contribution in [0.25, 0.3) is 0 Å². The van der Waals surface area contributed by atoms with Gasteiger partial charge in [-0.25, -0.2) is 0 Å². The predicted octanol–water partition coefficient (Wildman–Crippen LogP) is 5.75. The lowest BCUT2D eigenvalue weighted by molar-refractivity contribution is -0.164. The fourth-order valence-corrected chi connectivity index (χ4v) is 2.83. The van der Waals surface area contributed by atoms with Crippen molar-refractivity contribution in [3.8, 4) is 0 Å². The Kier molecular flexibility index (Phi) is 8.92. The number of Topliss-reactive ketones (excluding diaryl/α,β-unsaturated/α-hetero) is 2. The predicted molar refractivity (Wildman–Crippen MR) is 112 cm³/mol. The monoisotopic (exact) mass is 384 g/mol. The first-order chi connectivity index (χ1) is 11.8. The van der Waals surface area contributed by atoms with Crippen LogP contribution < -0.4 is 0 Å². The summed E-state index contributed by atoms with van der Waals surface area (Å²) in [5, 5.41) is 0. The van der Waals surface area contributed by atoms with Gasteiger partial charge in [0, 0.05) is 18.3 Å². The molecule has 2 unspecified atom stereocenters. The molecule has 2 atom stereocenters. The van der Waals surface area contributed by atoms with Crippen LogP contribution in [0.15, 0.2) is 0 Å². The van der Waals surface area contributed by atoms with E-state index in [4.69, 9.17) is 9.47 Å². The van der Waals surface area contributed by atoms with Crippen LogP contribution in [0.1, 0.15) is 102 Å². The number of rotatable bonds is 10. The lowest BCUT2D eigenvalue weighted by Gasteiger charge is -2.43. The Bertz CT molecular complexity index is 503. The maximum absolute atomic E-state index is 13.1. The number of carbonyl (C=O) groups excluding carboxylic acids is 2. The molecule has 0 aromatic rings. The van der Waals surface area contributed by atoms with Gasteiger partial charge < -0.3 is 9.47 Å². The van der Waals surface area contributed by atoms with Crippen LogP contribution in [0, 0.1) is 10.8 Å². The van der Waals surface area contributed by atoms with Crippen molar-refractivity contribution in [3.63, 3.8) is 0 Å². The van der Waals surface area contributed by atoms with Crippen molar-refractivity contribution >= 4 is 11.6 Å². The standard InChI is InChI=1S/C23H44O4/c1-13-17(27-21(6,7)8)15-19(25)22(9,10)23(11,12)26-16(2)14-18(24)20(3,4)5/h16-17H,13-15H2,1-12H3. The van der Waals surface area contributed by atoms with Crippen LogP contribution >= 0.6 is 0 Å². The van der Waals surface area contributed by atoms with Gasteiger partial charge in [0.2, 0.25) is 0 Å². The summed E-state index contributed by atoms with van der Waals surface area (Å²) in [4.78, 5) is 25.4. The van der Waals surface area contributed by atoms with Crippen molar-refractivity contribution < 1.29 is 19.1 Å². The summed E-state index contributed by atoms with van der Waals surface area (Å²) in [6, 6.07) is 0. The summed E-state index contributed by atoms with van der Waals surface area (Å²) < 4.78 is 12.3. The van der Waals surface area contributed by atoms with E-state index in [1.54, 1.807) is 0 Å². The average Bonchev–Trinajstić information content (AvgIpc) is 2.42. The molecule has 4 nitrogen and oxygen atoms in total. The fraction of sp³-hybridized carbons (Fsp3) is 0.913. The number of hydrogen-bond donors (Lipinski definition) is 0. The Morgan fingerprint density at radius 3 is 1.63 bits per heavy atom. The molecule has 0 fully saturated rings. The minimum atomic E-state index is -0.694. The third-order valence-electron chi connectivity index (χ3n) is 5.40. The highest BCUT2D eigenvalue weighted by Crippen LogP contribution is 2.38. The summed E-state index contributed by atoms with van der Waals surface area (Å²) in [5.74, 6) is 0.289. The van der Waals surface area contributed by atoms with Gasteiger partial charge in [-0.1, -0.05) is 41.5 Å². The maximum Gasteiger partial charge on any atom is 0.143 e. The highest BCUT2D eigenvalue weighted by atomic mass is 16.5. The Hall–Kier alpha value is -0.740. The lowest BCUT2D eigenvalue weighted by Crippen LogP contribution is -2.50. The minimum Gasteiger partial charge on any atom is -0.372 e. The second-order valence-electron chi connectivity index (χ2n) is 10.8. The van der Waals surface area contributed by atoms with Crippen molar-refractivity contribution in [1.29, 1.82) is 0 Å². The zero-order valence-electron chi connectivity index (χ0n) is 19.9. The third kappa shape index (κ3) is 8.43. The Morgan fingerprint density at radius 1 is 0.778 bits per heavy atom. The van der Waals surface area contributed by atoms with E-state index < -0.39 is 11.0 Å². The molecule has 0 aromatic heterocycles. The highest BCUT2D eigenvalue weighted by molar-refractivity contribution is 5.86. The Morgan fingerprint density at radius 2 is 1.26 bits per heavy atom. The average molecular weight is 385 g/mol. The van der Waals surface area contributed by atoms with Gasteiger partial charge >= 0.3 is 0 Å². The van der Waals surface area contributed by atoms with E-state index >= 15 is 0 Å². The van der Waals surface area contributed by atoms with Crippen molar-refractivity contribution in [2.45, 2.75) is 126 Å². The number of ether oxygens (including phenoxy) is 2. The maximum atomic E-state index is 13.1. The molecule has 0 amide bonds. The zero-order chi connectivity index (χ0) is 21.8. The largest absolute Gasteiger partial charge is 0.372 e. The van der Waals surface area contributed by atoms with E-state index in [1.807, 2.05) is 83.1 Å². The second-order valence-corrected chi connectivity index (χ2v) is 10.8. The molecule has 0 aromatic carbocycles. The molecule has 0 saturated heterocycles. The van der Waals surface area contributed by atoms with Gasteiger partial charge in [0.15, 0.2) is 0 Å². The van der Waals surface area contributed by atoms with Crippen molar-refractivity contribution in [2.24, 2.45) is 10.8 Å². The summed E-state index contributed by atoms with van der Waals surface area (Å²) >= 11 is 0. The van der Waals surface area contributed by atoms with E-state index in [9.17, 15) is 9.59 Å². The zero-order valence-corrected chi connectivity index (χ0v) is 19.9. The Balaban J connectivity index is 5.12. The molecule has 160 valence electrons. The highest BCUT2D eigenvalue weighted by Gasteiger charge is 2.45. The second kappa shape index (κ2) is 9.17. The number of hydrogen-bond acceptors (Lipinski definition) is 4. The van der Waals surface area contributed by atoms with Crippen molar-refractivity contribution in [1.82, 2.24) is 0 Å². The van der Waals surface area contributed by atoms with E-state index in [1.165, 1.54) is 0 Å². The Labute approximate surface area is 167 Å². The van der Waals surface area contributed by atoms with Gasteiger partial charge in [0.05, 0.1) is 28.8 Å². The van der Waals surface area contributed by atoms with Gasteiger partial charge in [-0.2, -0.15) is 0 Å². The summed E-state index contributed by atoms with van der Waals surface area (Å²) in [6.07, 6.45) is 1.15. The quantitative estimate of drug-likeness (QED) is 0.481. The first-order valence-electron chi connectivity index (χ1n) is 10.3. The minimum absolute atomic E-state index is 0.104. The van der Waals surface area contributed by atoms with Crippen LogP contribution in [-0.2, 0) is 19.1 Å². The molecule has 0 saturated carbocycles. The number of ketones is 2. The van der Waals surface area contributed by atoms with E-state index in [0.717, 1.165) is 6.42 Å². The third-order valence-corrected chi connectivity index (χ3v) is 5.40. The van der Waals surface area contributed by atoms with E-state index in [0.29, 0.717) is 12.8 Å². The van der Waals surface area contributed by atoms with Gasteiger partial charge in [-0.05, 0) is 48.0 Å². The van der Waals surface area contributed by atoms with Crippen LogP contribution in [0.4, 0.5) is 0 Å². The van der Waals surface area contributed by atoms with Crippen molar-refractivity contribution in [2.75, 3.05) is 0 Å². The van der Waals surface area contributed by atoms with Gasteiger partial charge in [0.25, 0.3) is 0 Å². The summed E-state index contributed by atoms with van der Waals surface area (Å²) in [6.45, 7) is 23.5. The topological polar surface area (TPSA) is 52.6 Å². The molecule has 0 rings (SSSR count). The summed E-state index contributed by atoms with van der Waals surface area (Å²) in [5.41, 5.74) is -2.05. The molecule has 4 heteroatoms. The molecular formula is C23H44O4. The molecule has 0 aliphatic rings. The molecule has 0 radical (unpaired) electrons. The normalized spacial score (nSPS) is 16.1. The first kappa shape index (κ1) is 26.3. The molecule has 0 N–H and O–H groups in total. The van der Waals surface area contributed by atoms with Crippen molar-refractivity contribution in [3.05, 3.63) is 0 Å². The molecule has 0 spiro atoms. The summed E-state index contributed by atoms with van der Waals surface area (Å²) in [7, 11) is 0. The van der Waals surface area contributed by atoms with Gasteiger partial charge in [-0.3, -0.25) is 9.59 Å². The van der Waals surface area contributed by atoms with E-state index in [-0.39, 0.29) is 34.8 Å². The fourth-order valence-electron chi connectivity index (χ4n) is 2.83. The molecule has 0 bridgehead atoms. The molecule has 0 heterocycles. The first-order valence-corrected chi connectivity index (χ1v) is 10.3. The van der Waals surface area contributed by atoms with Crippen LogP contribution in [0.5, 0.6) is 0 Å². The molecular weight excluding hydrogens is 340 g/mol. The molecule has 0 aliphatic heterocycles. The van der Waals surface area contributed by atoms with Crippen LogP contribution in [0.2, 0.25) is 0 Å². The molecule has 0 aliphatic carbocycles. The van der Waals surface area contributed by atoms with Crippen LogP contribution in [-0.4, -0.2) is 35.0 Å². The number of carbonyl (C=O) groups is 2.